The Labute approximate surface area is 135 Å². The highest BCUT2D eigenvalue weighted by Crippen LogP contribution is 2.52. The number of fused-ring (bicyclic) bond motifs is 1. The Morgan fingerprint density at radius 1 is 1.23 bits per heavy atom. The Bertz CT molecular complexity index is 703. The van der Waals surface area contributed by atoms with Crippen LogP contribution in [0.25, 0.3) is 0 Å². The van der Waals surface area contributed by atoms with E-state index in [0.29, 0.717) is 0 Å². The fourth-order valence-corrected chi connectivity index (χ4v) is 4.52. The summed E-state index contributed by atoms with van der Waals surface area (Å²) < 4.78 is 4.98. The van der Waals surface area contributed by atoms with Gasteiger partial charge in [0.25, 0.3) is 0 Å². The van der Waals surface area contributed by atoms with E-state index >= 15 is 0 Å². The molecule has 1 heterocycles. The standard InChI is InChI=1S/C18H19NO2S/c1-18(13-7-6-8-14(11-13)21-3)17(12-20)19(2)15-9-4-5-10-16(15)22-18/h4-12,17H,1-3H3. The third-order valence-corrected chi connectivity index (χ3v) is 5.79. The number of carbonyl (C=O) groups excluding carboxylic acids is 1. The minimum Gasteiger partial charge on any atom is -0.497 e. The first kappa shape index (κ1) is 15.0. The average molecular weight is 313 g/mol. The molecule has 2 unspecified atom stereocenters. The van der Waals surface area contributed by atoms with E-state index in [2.05, 4.69) is 30.0 Å². The number of aldehydes is 1. The molecule has 2 aromatic carbocycles. The normalized spacial score (nSPS) is 23.8. The molecular formula is C18H19NO2S. The SMILES string of the molecule is COc1cccc(C2(C)Sc3ccccc3N(C)C2C=O)c1. The molecule has 3 rings (SSSR count). The summed E-state index contributed by atoms with van der Waals surface area (Å²) in [5.41, 5.74) is 2.19. The highest BCUT2D eigenvalue weighted by atomic mass is 32.2. The molecule has 0 fully saturated rings. The average Bonchev–Trinajstić information content (AvgIpc) is 2.55. The summed E-state index contributed by atoms with van der Waals surface area (Å²) in [6.45, 7) is 2.12. The Morgan fingerprint density at radius 2 is 2.00 bits per heavy atom. The van der Waals surface area contributed by atoms with E-state index in [1.54, 1.807) is 18.9 Å². The van der Waals surface area contributed by atoms with Crippen LogP contribution >= 0.6 is 11.8 Å². The van der Waals surface area contributed by atoms with Crippen molar-refractivity contribution in [1.82, 2.24) is 0 Å². The third kappa shape index (κ3) is 2.28. The zero-order valence-corrected chi connectivity index (χ0v) is 13.8. The van der Waals surface area contributed by atoms with E-state index in [9.17, 15) is 4.79 Å². The number of rotatable bonds is 3. The Kier molecular flexibility index (Phi) is 3.87. The van der Waals surface area contributed by atoms with Crippen molar-refractivity contribution in [3.8, 4) is 5.75 Å². The largest absolute Gasteiger partial charge is 0.497 e. The van der Waals surface area contributed by atoms with Gasteiger partial charge in [-0.3, -0.25) is 0 Å². The number of para-hydroxylation sites is 1. The van der Waals surface area contributed by atoms with E-state index < -0.39 is 0 Å². The maximum atomic E-state index is 11.8. The zero-order chi connectivity index (χ0) is 15.7. The molecule has 0 bridgehead atoms. The minimum absolute atomic E-state index is 0.237. The third-order valence-electron chi connectivity index (χ3n) is 4.32. The fraction of sp³-hybridized carbons (Fsp3) is 0.278. The van der Waals surface area contributed by atoms with Crippen LogP contribution in [0.3, 0.4) is 0 Å². The van der Waals surface area contributed by atoms with Crippen LogP contribution in [0, 0.1) is 0 Å². The Morgan fingerprint density at radius 3 is 2.73 bits per heavy atom. The Hall–Kier alpha value is -1.94. The summed E-state index contributed by atoms with van der Waals surface area (Å²) >= 11 is 1.74. The number of anilines is 1. The molecule has 22 heavy (non-hydrogen) atoms. The van der Waals surface area contributed by atoms with Gasteiger partial charge in [0.05, 0.1) is 17.5 Å². The first-order valence-electron chi connectivity index (χ1n) is 7.21. The van der Waals surface area contributed by atoms with Gasteiger partial charge in [-0.15, -0.1) is 11.8 Å². The minimum atomic E-state index is -0.362. The van der Waals surface area contributed by atoms with Crippen LogP contribution in [0.15, 0.2) is 53.4 Å². The monoisotopic (exact) mass is 313 g/mol. The number of nitrogens with zero attached hydrogens (tertiary/aromatic N) is 1. The molecule has 114 valence electrons. The van der Waals surface area contributed by atoms with Gasteiger partial charge in [-0.25, -0.2) is 0 Å². The van der Waals surface area contributed by atoms with E-state index in [0.717, 1.165) is 23.3 Å². The van der Waals surface area contributed by atoms with Gasteiger partial charge in [-0.2, -0.15) is 0 Å². The van der Waals surface area contributed by atoms with E-state index in [4.69, 9.17) is 4.74 Å². The zero-order valence-electron chi connectivity index (χ0n) is 12.9. The lowest BCUT2D eigenvalue weighted by Gasteiger charge is -2.45. The lowest BCUT2D eigenvalue weighted by atomic mass is 9.91. The fourth-order valence-electron chi connectivity index (χ4n) is 3.03. The van der Waals surface area contributed by atoms with Gasteiger partial charge < -0.3 is 14.4 Å². The molecule has 0 amide bonds. The highest BCUT2D eigenvalue weighted by molar-refractivity contribution is 8.00. The molecule has 0 saturated carbocycles. The molecule has 0 spiro atoms. The van der Waals surface area contributed by atoms with Crippen molar-refractivity contribution >= 4 is 23.7 Å². The Balaban J connectivity index is 2.13. The first-order valence-corrected chi connectivity index (χ1v) is 8.02. The van der Waals surface area contributed by atoms with Crippen LogP contribution < -0.4 is 9.64 Å². The molecule has 0 aromatic heterocycles. The summed E-state index contributed by atoms with van der Waals surface area (Å²) in [5.74, 6) is 0.811. The van der Waals surface area contributed by atoms with Gasteiger partial charge in [0.2, 0.25) is 0 Å². The number of methoxy groups -OCH3 is 1. The maximum absolute atomic E-state index is 11.8. The van der Waals surface area contributed by atoms with Gasteiger partial charge >= 0.3 is 0 Å². The smallest absolute Gasteiger partial charge is 0.144 e. The van der Waals surface area contributed by atoms with Gasteiger partial charge in [-0.05, 0) is 36.8 Å². The van der Waals surface area contributed by atoms with Crippen molar-refractivity contribution in [3.63, 3.8) is 0 Å². The molecule has 3 nitrogen and oxygen atoms in total. The second-order valence-corrected chi connectivity index (χ2v) is 7.09. The van der Waals surface area contributed by atoms with Crippen molar-refractivity contribution in [2.24, 2.45) is 0 Å². The second-order valence-electron chi connectivity index (χ2n) is 5.60. The molecule has 0 radical (unpaired) electrons. The van der Waals surface area contributed by atoms with E-state index in [-0.39, 0.29) is 10.8 Å². The number of benzene rings is 2. The number of carbonyl (C=O) groups is 1. The van der Waals surface area contributed by atoms with Crippen LogP contribution in [-0.4, -0.2) is 26.5 Å². The van der Waals surface area contributed by atoms with Crippen LogP contribution in [-0.2, 0) is 9.54 Å². The molecule has 2 aromatic rings. The van der Waals surface area contributed by atoms with E-state index in [1.807, 2.05) is 37.4 Å². The predicted molar refractivity (Wildman–Crippen MR) is 90.9 cm³/mol. The van der Waals surface area contributed by atoms with Crippen molar-refractivity contribution in [1.29, 1.82) is 0 Å². The molecule has 0 N–H and O–H groups in total. The number of hydrogen-bond acceptors (Lipinski definition) is 4. The number of ether oxygens (including phenoxy) is 1. The molecule has 0 aliphatic carbocycles. The molecule has 0 saturated heterocycles. The van der Waals surface area contributed by atoms with E-state index in [1.165, 1.54) is 4.90 Å². The molecular weight excluding hydrogens is 294 g/mol. The van der Waals surface area contributed by atoms with Crippen LogP contribution in [0.4, 0.5) is 5.69 Å². The van der Waals surface area contributed by atoms with Crippen molar-refractivity contribution in [2.45, 2.75) is 22.6 Å². The van der Waals surface area contributed by atoms with Gasteiger partial charge in [0, 0.05) is 11.9 Å². The molecule has 2 atom stereocenters. The predicted octanol–water partition coefficient (Wildman–Crippen LogP) is 3.72. The van der Waals surface area contributed by atoms with Crippen molar-refractivity contribution in [2.75, 3.05) is 19.1 Å². The van der Waals surface area contributed by atoms with Crippen LogP contribution in [0.2, 0.25) is 0 Å². The number of hydrogen-bond donors (Lipinski definition) is 0. The summed E-state index contributed by atoms with van der Waals surface area (Å²) in [5, 5.41) is 0. The van der Waals surface area contributed by atoms with Gasteiger partial charge in [0.1, 0.15) is 18.1 Å². The summed E-state index contributed by atoms with van der Waals surface area (Å²) in [6, 6.07) is 16.0. The topological polar surface area (TPSA) is 29.5 Å². The van der Waals surface area contributed by atoms with Gasteiger partial charge in [0.15, 0.2) is 0 Å². The van der Waals surface area contributed by atoms with Crippen LogP contribution in [0.1, 0.15) is 12.5 Å². The number of likely N-dealkylation sites (N-methyl/N-ethyl adjacent to an activating group) is 1. The highest BCUT2D eigenvalue weighted by Gasteiger charge is 2.44. The number of thioether (sulfide) groups is 1. The lowest BCUT2D eigenvalue weighted by molar-refractivity contribution is -0.109. The summed E-state index contributed by atoms with van der Waals surface area (Å²) in [7, 11) is 3.64. The maximum Gasteiger partial charge on any atom is 0.144 e. The van der Waals surface area contributed by atoms with Crippen molar-refractivity contribution in [3.05, 3.63) is 54.1 Å². The lowest BCUT2D eigenvalue weighted by Crippen LogP contribution is -2.49. The van der Waals surface area contributed by atoms with Crippen LogP contribution in [0.5, 0.6) is 5.75 Å². The quantitative estimate of drug-likeness (QED) is 0.808. The first-order chi connectivity index (χ1) is 10.6. The summed E-state index contributed by atoms with van der Waals surface area (Å²) in [6.07, 6.45) is 1.04. The van der Waals surface area contributed by atoms with Gasteiger partial charge in [-0.1, -0.05) is 24.3 Å². The molecule has 1 aliphatic rings. The molecule has 4 heteroatoms. The second kappa shape index (κ2) is 5.69. The summed E-state index contributed by atoms with van der Waals surface area (Å²) in [4.78, 5) is 15.1. The molecule has 1 aliphatic heterocycles. The van der Waals surface area contributed by atoms with Crippen molar-refractivity contribution < 1.29 is 9.53 Å².